The number of sulfone groups is 1. The topological polar surface area (TPSA) is 63.7 Å². The number of alkyl halides is 5. The number of nitrogens with zero attached hydrogens (tertiary/aromatic N) is 1. The molecule has 222 valence electrons. The minimum atomic E-state index is -4.77. The molecule has 0 saturated carbocycles. The van der Waals surface area contributed by atoms with Gasteiger partial charge in [0.1, 0.15) is 17.4 Å². The van der Waals surface area contributed by atoms with Crippen molar-refractivity contribution < 1.29 is 48.7 Å². The van der Waals surface area contributed by atoms with E-state index in [-0.39, 0.29) is 37.2 Å². The van der Waals surface area contributed by atoms with Crippen molar-refractivity contribution in [2.75, 3.05) is 26.0 Å². The summed E-state index contributed by atoms with van der Waals surface area (Å²) < 4.78 is 127. The highest BCUT2D eigenvalue weighted by molar-refractivity contribution is 7.90. The van der Waals surface area contributed by atoms with Crippen LogP contribution in [0.2, 0.25) is 5.02 Å². The normalized spacial score (nSPS) is 12.5. The Morgan fingerprint density at radius 3 is 2.24 bits per heavy atom. The van der Waals surface area contributed by atoms with Gasteiger partial charge in [0.25, 0.3) is 5.92 Å². The van der Waals surface area contributed by atoms with Gasteiger partial charge in [0.05, 0.1) is 34.2 Å². The van der Waals surface area contributed by atoms with E-state index in [2.05, 4.69) is 0 Å². The third-order valence-electron chi connectivity index (χ3n) is 5.94. The van der Waals surface area contributed by atoms with Gasteiger partial charge < -0.3 is 4.74 Å². The van der Waals surface area contributed by atoms with E-state index in [0.29, 0.717) is 0 Å². The van der Waals surface area contributed by atoms with E-state index in [9.17, 15) is 35.2 Å². The minimum Gasteiger partial charge on any atom is -0.493 e. The van der Waals surface area contributed by atoms with Gasteiger partial charge >= 0.3 is 6.18 Å². The van der Waals surface area contributed by atoms with E-state index in [1.54, 1.807) is 0 Å². The zero-order valence-electron chi connectivity index (χ0n) is 21.3. The Kier molecular flexibility index (Phi) is 10.1. The second-order valence-electron chi connectivity index (χ2n) is 9.11. The Balaban J connectivity index is 1.81. The first-order valence-corrected chi connectivity index (χ1v) is 14.1. The SMILES string of the molecule is CS(=O)(=O)c1cc(OCCCN(Cc2cccc(C(F)(F)F)c2Cl)CC(F)(F)c2ccc(F)cc2)cc(F)c1C=O. The minimum absolute atomic E-state index is 0.0126. The number of carbonyl (C=O) groups is 1. The molecule has 3 rings (SSSR count). The fourth-order valence-corrected chi connectivity index (χ4v) is 5.16. The van der Waals surface area contributed by atoms with Crippen LogP contribution in [0.3, 0.4) is 0 Å². The molecule has 3 aromatic carbocycles. The third-order valence-corrected chi connectivity index (χ3v) is 7.52. The highest BCUT2D eigenvalue weighted by atomic mass is 35.5. The molecule has 0 atom stereocenters. The molecule has 0 fully saturated rings. The van der Waals surface area contributed by atoms with Crippen molar-refractivity contribution in [3.63, 3.8) is 0 Å². The van der Waals surface area contributed by atoms with Gasteiger partial charge in [0, 0.05) is 31.0 Å². The summed E-state index contributed by atoms with van der Waals surface area (Å²) in [6, 6.07) is 8.36. The second-order valence-corrected chi connectivity index (χ2v) is 11.5. The fraction of sp³-hybridized carbons (Fsp3) is 0.296. The van der Waals surface area contributed by atoms with Gasteiger partial charge in [0.2, 0.25) is 0 Å². The van der Waals surface area contributed by atoms with E-state index in [0.717, 1.165) is 59.7 Å². The van der Waals surface area contributed by atoms with Crippen molar-refractivity contribution in [3.8, 4) is 5.75 Å². The number of aldehydes is 1. The summed E-state index contributed by atoms with van der Waals surface area (Å²) in [5, 5.41) is -0.648. The summed E-state index contributed by atoms with van der Waals surface area (Å²) in [5.41, 5.74) is -2.39. The third kappa shape index (κ3) is 8.43. The summed E-state index contributed by atoms with van der Waals surface area (Å²) in [4.78, 5) is 11.7. The molecule has 0 bridgehead atoms. The lowest BCUT2D eigenvalue weighted by molar-refractivity contribution is -0.137. The predicted molar refractivity (Wildman–Crippen MR) is 137 cm³/mol. The first-order chi connectivity index (χ1) is 19.0. The van der Waals surface area contributed by atoms with Crippen molar-refractivity contribution in [2.45, 2.75) is 30.0 Å². The molecule has 0 aliphatic rings. The quantitative estimate of drug-likeness (QED) is 0.124. The molecule has 0 heterocycles. The number of ether oxygens (including phenoxy) is 1. The average molecular weight is 626 g/mol. The number of hydrogen-bond donors (Lipinski definition) is 0. The lowest BCUT2D eigenvalue weighted by Gasteiger charge is -2.28. The maximum Gasteiger partial charge on any atom is 0.417 e. The Hall–Kier alpha value is -3.16. The van der Waals surface area contributed by atoms with Crippen molar-refractivity contribution >= 4 is 27.7 Å². The van der Waals surface area contributed by atoms with Crippen LogP contribution in [0, 0.1) is 11.6 Å². The van der Waals surface area contributed by atoms with E-state index in [1.807, 2.05) is 0 Å². The van der Waals surface area contributed by atoms with Crippen LogP contribution >= 0.6 is 11.6 Å². The van der Waals surface area contributed by atoms with Crippen LogP contribution in [0.25, 0.3) is 0 Å². The summed E-state index contributed by atoms with van der Waals surface area (Å²) in [7, 11) is -4.00. The average Bonchev–Trinajstić information content (AvgIpc) is 2.86. The summed E-state index contributed by atoms with van der Waals surface area (Å²) in [6.45, 7) is -1.80. The summed E-state index contributed by atoms with van der Waals surface area (Å²) >= 11 is 5.97. The molecule has 0 radical (unpaired) electrons. The first kappa shape index (κ1) is 32.4. The Labute approximate surface area is 236 Å². The Bertz CT molecular complexity index is 1500. The highest BCUT2D eigenvalue weighted by Gasteiger charge is 2.36. The lowest BCUT2D eigenvalue weighted by Crippen LogP contribution is -2.36. The maximum atomic E-state index is 15.1. The van der Waals surface area contributed by atoms with Crippen molar-refractivity contribution in [1.82, 2.24) is 4.90 Å². The Morgan fingerprint density at radius 2 is 1.66 bits per heavy atom. The molecular formula is C27H23ClF7NO4S. The fourth-order valence-electron chi connectivity index (χ4n) is 3.99. The number of carbonyl (C=O) groups excluding carboxylic acids is 1. The van der Waals surface area contributed by atoms with Crippen molar-refractivity contribution in [3.05, 3.63) is 93.5 Å². The predicted octanol–water partition coefficient (Wildman–Crippen LogP) is 6.92. The summed E-state index contributed by atoms with van der Waals surface area (Å²) in [6.07, 6.45) is -3.96. The van der Waals surface area contributed by atoms with Crippen LogP contribution < -0.4 is 4.74 Å². The number of hydrogen-bond acceptors (Lipinski definition) is 5. The van der Waals surface area contributed by atoms with Crippen LogP contribution in [-0.4, -0.2) is 45.6 Å². The molecule has 14 heteroatoms. The van der Waals surface area contributed by atoms with Gasteiger partial charge in [0.15, 0.2) is 16.1 Å². The van der Waals surface area contributed by atoms with Crippen molar-refractivity contribution in [1.29, 1.82) is 0 Å². The van der Waals surface area contributed by atoms with E-state index < -0.39 is 73.3 Å². The molecular weight excluding hydrogens is 603 g/mol. The van der Waals surface area contributed by atoms with Crippen LogP contribution in [0.15, 0.2) is 59.5 Å². The van der Waals surface area contributed by atoms with Crippen molar-refractivity contribution in [2.24, 2.45) is 0 Å². The molecule has 0 saturated heterocycles. The number of halogens is 8. The Morgan fingerprint density at radius 1 is 1.00 bits per heavy atom. The second kappa shape index (κ2) is 12.8. The van der Waals surface area contributed by atoms with Gasteiger partial charge in [-0.05, 0) is 36.2 Å². The van der Waals surface area contributed by atoms with E-state index in [4.69, 9.17) is 16.3 Å². The van der Waals surface area contributed by atoms with E-state index in [1.165, 1.54) is 6.07 Å². The molecule has 0 aliphatic heterocycles. The monoisotopic (exact) mass is 625 g/mol. The number of rotatable bonds is 12. The van der Waals surface area contributed by atoms with Crippen LogP contribution in [0.5, 0.6) is 5.75 Å². The van der Waals surface area contributed by atoms with Gasteiger partial charge in [-0.2, -0.15) is 22.0 Å². The van der Waals surface area contributed by atoms with Gasteiger partial charge in [-0.1, -0.05) is 35.9 Å². The molecule has 0 spiro atoms. The lowest BCUT2D eigenvalue weighted by atomic mass is 10.1. The van der Waals surface area contributed by atoms with E-state index >= 15 is 8.78 Å². The summed E-state index contributed by atoms with van der Waals surface area (Å²) in [5.74, 6) is -5.65. The molecule has 0 amide bonds. The molecule has 0 N–H and O–H groups in total. The molecule has 0 unspecified atom stereocenters. The molecule has 3 aromatic rings. The smallest absolute Gasteiger partial charge is 0.417 e. The first-order valence-electron chi connectivity index (χ1n) is 11.9. The van der Waals surface area contributed by atoms with Gasteiger partial charge in [-0.3, -0.25) is 9.69 Å². The molecule has 0 aromatic heterocycles. The maximum absolute atomic E-state index is 15.1. The largest absolute Gasteiger partial charge is 0.493 e. The van der Waals surface area contributed by atoms with Gasteiger partial charge in [-0.25, -0.2) is 17.2 Å². The van der Waals surface area contributed by atoms with Gasteiger partial charge in [-0.15, -0.1) is 0 Å². The zero-order valence-corrected chi connectivity index (χ0v) is 22.9. The number of benzene rings is 3. The van der Waals surface area contributed by atoms with Crippen LogP contribution in [0.4, 0.5) is 30.7 Å². The van der Waals surface area contributed by atoms with Crippen LogP contribution in [0.1, 0.15) is 33.5 Å². The molecule has 5 nitrogen and oxygen atoms in total. The highest BCUT2D eigenvalue weighted by Crippen LogP contribution is 2.37. The standard InChI is InChI=1S/C27H23ClF7NO4S/c1-41(38,39)24-13-20(12-23(30)21(24)15-37)40-11-3-10-36(16-26(31,32)18-6-8-19(29)9-7-18)14-17-4-2-5-22(25(17)28)27(33,34)35/h2,4-9,12-13,15H,3,10-11,14,16H2,1H3. The molecule has 41 heavy (non-hydrogen) atoms. The van der Waals surface area contributed by atoms with Crippen LogP contribution in [-0.2, 0) is 28.5 Å². The molecule has 0 aliphatic carbocycles. The zero-order chi connectivity index (χ0) is 30.6.